The summed E-state index contributed by atoms with van der Waals surface area (Å²) in [6, 6.07) is -0.743. The van der Waals surface area contributed by atoms with Crippen LogP contribution in [-0.4, -0.2) is 42.7 Å². The molecule has 0 fully saturated rings. The lowest BCUT2D eigenvalue weighted by Crippen LogP contribution is -2.61. The lowest BCUT2D eigenvalue weighted by molar-refractivity contribution is -0.396. The molecule has 0 aliphatic heterocycles. The average Bonchev–Trinajstić information content (AvgIpc) is 2.24. The van der Waals surface area contributed by atoms with Gasteiger partial charge in [-0.25, -0.2) is 0 Å². The maximum Gasteiger partial charge on any atom is 0.460 e. The highest BCUT2D eigenvalue weighted by Gasteiger charge is 2.81. The molecule has 1 nitrogen and oxygen atoms in total. The second kappa shape index (κ2) is 5.52. The molecular weight excluding hydrogens is 339 g/mol. The van der Waals surface area contributed by atoms with Crippen molar-refractivity contribution in [2.45, 2.75) is 49.5 Å². The van der Waals surface area contributed by atoms with Crippen LogP contribution >= 0.6 is 0 Å². The molecule has 12 heteroatoms. The summed E-state index contributed by atoms with van der Waals surface area (Å²) in [6.45, 7) is 2.58. The van der Waals surface area contributed by atoms with Gasteiger partial charge in [-0.2, -0.15) is 39.5 Å². The summed E-state index contributed by atoms with van der Waals surface area (Å²) in [5, 5.41) is 0. The lowest BCUT2D eigenvalue weighted by Gasteiger charge is -2.34. The van der Waals surface area contributed by atoms with Crippen LogP contribution in [0.25, 0.3) is 0 Å². The molecule has 0 unspecified atom stereocenters. The van der Waals surface area contributed by atoms with Gasteiger partial charge >= 0.3 is 23.9 Å². The van der Waals surface area contributed by atoms with Crippen molar-refractivity contribution >= 4 is 18.8 Å². The average molecular weight is 349 g/mol. The summed E-state index contributed by atoms with van der Waals surface area (Å²) in [5.41, 5.74) is 0. The number of halogens is 9. The Morgan fingerprint density at radius 3 is 1.55 bits per heavy atom. The van der Waals surface area contributed by atoms with Crippen molar-refractivity contribution in [1.82, 2.24) is 0 Å². The summed E-state index contributed by atoms with van der Waals surface area (Å²) in [7, 11) is -0.385. The maximum absolute atomic E-state index is 13.1. The first-order chi connectivity index (χ1) is 8.52. The van der Waals surface area contributed by atoms with E-state index in [9.17, 15) is 39.5 Å². The Morgan fingerprint density at radius 1 is 0.850 bits per heavy atom. The fourth-order valence-corrected chi connectivity index (χ4v) is 2.40. The van der Waals surface area contributed by atoms with Crippen LogP contribution in [0.4, 0.5) is 39.5 Å². The van der Waals surface area contributed by atoms with E-state index in [0.717, 1.165) is 0 Å². The molecular formula is C8H10F9OSi2. The second-order valence-corrected chi connectivity index (χ2v) is 9.55. The molecule has 0 heterocycles. The van der Waals surface area contributed by atoms with Crippen LogP contribution in [0.5, 0.6) is 0 Å². The first-order valence-electron chi connectivity index (χ1n) is 5.07. The van der Waals surface area contributed by atoms with Crippen LogP contribution in [0.2, 0.25) is 19.1 Å². The fourth-order valence-electron chi connectivity index (χ4n) is 1.07. The predicted molar refractivity (Wildman–Crippen MR) is 54.6 cm³/mol. The third-order valence-corrected chi connectivity index (χ3v) is 6.19. The Balaban J connectivity index is 5.27. The van der Waals surface area contributed by atoms with Crippen LogP contribution in [0, 0.1) is 0 Å². The highest BCUT2D eigenvalue weighted by molar-refractivity contribution is 6.73. The van der Waals surface area contributed by atoms with E-state index in [4.69, 9.17) is 0 Å². The van der Waals surface area contributed by atoms with Gasteiger partial charge in [-0.15, -0.1) is 0 Å². The fraction of sp³-hybridized carbons (Fsp3) is 1.00. The Labute approximate surface area is 113 Å². The normalized spacial score (nSPS) is 15.6. The molecule has 0 aromatic heterocycles. The van der Waals surface area contributed by atoms with E-state index in [1.54, 1.807) is 0 Å². The molecule has 0 aromatic rings. The van der Waals surface area contributed by atoms with E-state index < -0.39 is 44.7 Å². The molecule has 0 spiro atoms. The van der Waals surface area contributed by atoms with Crippen molar-refractivity contribution in [3.8, 4) is 0 Å². The van der Waals surface area contributed by atoms with Crippen molar-refractivity contribution in [1.29, 1.82) is 0 Å². The quantitative estimate of drug-likeness (QED) is 0.517. The highest BCUT2D eigenvalue weighted by Crippen LogP contribution is 2.54. The topological polar surface area (TPSA) is 9.23 Å². The molecule has 0 aromatic carbocycles. The van der Waals surface area contributed by atoms with Crippen molar-refractivity contribution in [3.63, 3.8) is 0 Å². The maximum atomic E-state index is 13.1. The second-order valence-electron chi connectivity index (χ2n) is 4.71. The van der Waals surface area contributed by atoms with E-state index in [1.807, 2.05) is 0 Å². The SMILES string of the molecule is C[Si](C)(CCC(F)(F)C(F)(F)C(F)(F)C(F)(F)F)O[Si]. The van der Waals surface area contributed by atoms with Gasteiger partial charge in [0.2, 0.25) is 10.5 Å². The molecule has 0 amide bonds. The van der Waals surface area contributed by atoms with E-state index in [0.29, 0.717) is 0 Å². The zero-order valence-corrected chi connectivity index (χ0v) is 12.2. The van der Waals surface area contributed by atoms with E-state index in [-0.39, 0.29) is 0 Å². The van der Waals surface area contributed by atoms with Crippen LogP contribution in [0.15, 0.2) is 0 Å². The third kappa shape index (κ3) is 3.69. The van der Waals surface area contributed by atoms with Gasteiger partial charge in [0.25, 0.3) is 0 Å². The minimum absolute atomic E-state index is 0.743. The number of rotatable bonds is 6. The van der Waals surface area contributed by atoms with Crippen molar-refractivity contribution in [3.05, 3.63) is 0 Å². The van der Waals surface area contributed by atoms with Crippen molar-refractivity contribution in [2.24, 2.45) is 0 Å². The van der Waals surface area contributed by atoms with Gasteiger partial charge < -0.3 is 4.12 Å². The van der Waals surface area contributed by atoms with E-state index in [2.05, 4.69) is 14.6 Å². The zero-order chi connectivity index (χ0) is 16.6. The van der Waals surface area contributed by atoms with Gasteiger partial charge in [-0.1, -0.05) is 0 Å². The molecule has 3 radical (unpaired) electrons. The summed E-state index contributed by atoms with van der Waals surface area (Å²) in [5.74, 6) is -18.9. The number of hydrogen-bond donors (Lipinski definition) is 0. The first-order valence-corrected chi connectivity index (χ1v) is 8.59. The Hall–Kier alpha value is -0.236. The minimum atomic E-state index is -6.83. The molecule has 119 valence electrons. The Kier molecular flexibility index (Phi) is 5.45. The lowest BCUT2D eigenvalue weighted by atomic mass is 10.0. The molecule has 0 saturated heterocycles. The van der Waals surface area contributed by atoms with E-state index >= 15 is 0 Å². The third-order valence-electron chi connectivity index (χ3n) is 2.53. The molecule has 0 aliphatic rings. The number of hydrogen-bond acceptors (Lipinski definition) is 1. The predicted octanol–water partition coefficient (Wildman–Crippen LogP) is 4.15. The van der Waals surface area contributed by atoms with Gasteiger partial charge in [0.05, 0.1) is 0 Å². The van der Waals surface area contributed by atoms with Gasteiger partial charge in [0.15, 0.2) is 8.32 Å². The zero-order valence-electron chi connectivity index (χ0n) is 10.2. The molecule has 0 N–H and O–H groups in total. The molecule has 0 aliphatic carbocycles. The first kappa shape index (κ1) is 19.8. The summed E-state index contributed by atoms with van der Waals surface area (Å²) < 4.78 is 117. The molecule has 0 atom stereocenters. The largest absolute Gasteiger partial charge is 0.460 e. The van der Waals surface area contributed by atoms with Crippen LogP contribution in [0.3, 0.4) is 0 Å². The summed E-state index contributed by atoms with van der Waals surface area (Å²) >= 11 is 0. The Morgan fingerprint density at radius 2 is 1.25 bits per heavy atom. The van der Waals surface area contributed by atoms with Gasteiger partial charge in [0.1, 0.15) is 0 Å². The summed E-state index contributed by atoms with van der Waals surface area (Å²) in [4.78, 5) is 0. The van der Waals surface area contributed by atoms with Gasteiger partial charge in [-0.05, 0) is 19.1 Å². The smallest absolute Gasteiger partial charge is 0.457 e. The monoisotopic (exact) mass is 349 g/mol. The van der Waals surface area contributed by atoms with Crippen molar-refractivity contribution in [2.75, 3.05) is 0 Å². The molecule has 0 rings (SSSR count). The number of alkyl halides is 9. The van der Waals surface area contributed by atoms with Gasteiger partial charge in [-0.3, -0.25) is 0 Å². The highest BCUT2D eigenvalue weighted by atomic mass is 28.4. The van der Waals surface area contributed by atoms with E-state index in [1.165, 1.54) is 13.1 Å². The van der Waals surface area contributed by atoms with Crippen LogP contribution < -0.4 is 0 Å². The molecule has 0 saturated carbocycles. The minimum Gasteiger partial charge on any atom is -0.457 e. The van der Waals surface area contributed by atoms with Crippen LogP contribution in [-0.2, 0) is 4.12 Å². The van der Waals surface area contributed by atoms with Crippen molar-refractivity contribution < 1.29 is 43.6 Å². The molecule has 20 heavy (non-hydrogen) atoms. The van der Waals surface area contributed by atoms with Crippen LogP contribution in [0.1, 0.15) is 6.42 Å². The Bertz CT molecular complexity index is 339. The standard InChI is InChI=1S/C8H10F9OSi2/c1-20(2,18-19)4-3-5(9,10)6(11,12)7(13,14)8(15,16)17/h3-4H2,1-2H3. The molecule has 0 bridgehead atoms. The van der Waals surface area contributed by atoms with Gasteiger partial charge in [0, 0.05) is 6.42 Å². The summed E-state index contributed by atoms with van der Waals surface area (Å²) in [6.07, 6.45) is -8.63.